The van der Waals surface area contributed by atoms with E-state index >= 15 is 0 Å². The topological polar surface area (TPSA) is 20.2 Å². The van der Waals surface area contributed by atoms with Crippen molar-refractivity contribution >= 4 is 0 Å². The first kappa shape index (κ1) is 12.0. The van der Waals surface area contributed by atoms with E-state index in [1.165, 1.54) is 44.9 Å². The van der Waals surface area contributed by atoms with Gasteiger partial charge in [0, 0.05) is 0 Å². The van der Waals surface area contributed by atoms with Gasteiger partial charge in [0.15, 0.2) is 0 Å². The van der Waals surface area contributed by atoms with Crippen LogP contribution >= 0.6 is 0 Å². The molecule has 0 aliphatic heterocycles. The summed E-state index contributed by atoms with van der Waals surface area (Å²) in [6.45, 7) is 7.02. The van der Waals surface area contributed by atoms with Crippen molar-refractivity contribution in [3.63, 3.8) is 0 Å². The number of aliphatic hydroxyl groups is 1. The standard InChI is InChI=1S/C16H28O/c1-14(2)13-8-9-15(3,11-13)16(14,17)10-12-6-4-5-7-12/h12-13,17H,4-11H2,1-3H3. The highest BCUT2D eigenvalue weighted by molar-refractivity contribution is 5.18. The van der Waals surface area contributed by atoms with E-state index in [0.29, 0.717) is 0 Å². The van der Waals surface area contributed by atoms with Gasteiger partial charge in [-0.3, -0.25) is 0 Å². The minimum absolute atomic E-state index is 0.141. The molecule has 1 heteroatoms. The van der Waals surface area contributed by atoms with Crippen LogP contribution < -0.4 is 0 Å². The highest BCUT2D eigenvalue weighted by Crippen LogP contribution is 2.69. The van der Waals surface area contributed by atoms with Gasteiger partial charge in [0.25, 0.3) is 0 Å². The Kier molecular flexibility index (Phi) is 2.47. The summed E-state index contributed by atoms with van der Waals surface area (Å²) in [5.41, 5.74) is -0.0374. The summed E-state index contributed by atoms with van der Waals surface area (Å²) in [6, 6.07) is 0. The molecule has 3 rings (SSSR count). The zero-order chi connectivity index (χ0) is 12.3. The molecule has 2 bridgehead atoms. The summed E-state index contributed by atoms with van der Waals surface area (Å²) >= 11 is 0. The van der Waals surface area contributed by atoms with Crippen LogP contribution in [-0.4, -0.2) is 10.7 Å². The monoisotopic (exact) mass is 236 g/mol. The average Bonchev–Trinajstić information content (AvgIpc) is 2.89. The smallest absolute Gasteiger partial charge is 0.0757 e. The molecular weight excluding hydrogens is 208 g/mol. The maximum absolute atomic E-state index is 11.4. The van der Waals surface area contributed by atoms with Gasteiger partial charge in [-0.15, -0.1) is 0 Å². The maximum atomic E-state index is 11.4. The molecule has 3 unspecified atom stereocenters. The molecule has 0 radical (unpaired) electrons. The second-order valence-electron chi connectivity index (χ2n) is 7.94. The normalized spacial score (nSPS) is 49.1. The Bertz CT molecular complexity index is 309. The molecule has 0 spiro atoms. The molecule has 3 aliphatic rings. The molecule has 1 N–H and O–H groups in total. The molecule has 0 aromatic carbocycles. The van der Waals surface area contributed by atoms with E-state index in [9.17, 15) is 5.11 Å². The molecule has 17 heavy (non-hydrogen) atoms. The van der Waals surface area contributed by atoms with Crippen LogP contribution in [0.15, 0.2) is 0 Å². The van der Waals surface area contributed by atoms with Crippen LogP contribution in [0.1, 0.15) is 72.1 Å². The van der Waals surface area contributed by atoms with Gasteiger partial charge in [-0.05, 0) is 48.3 Å². The lowest BCUT2D eigenvalue weighted by molar-refractivity contribution is -0.155. The summed E-state index contributed by atoms with van der Waals surface area (Å²) in [6.07, 6.45) is 10.4. The molecule has 0 aromatic rings. The molecule has 0 heterocycles. The lowest BCUT2D eigenvalue weighted by Crippen LogP contribution is -2.54. The van der Waals surface area contributed by atoms with Gasteiger partial charge in [-0.25, -0.2) is 0 Å². The fourth-order valence-electron chi connectivity index (χ4n) is 5.49. The Morgan fingerprint density at radius 2 is 1.71 bits per heavy atom. The van der Waals surface area contributed by atoms with Crippen LogP contribution in [-0.2, 0) is 0 Å². The van der Waals surface area contributed by atoms with Gasteiger partial charge < -0.3 is 5.11 Å². The average molecular weight is 236 g/mol. The second-order valence-corrected chi connectivity index (χ2v) is 7.94. The lowest BCUT2D eigenvalue weighted by Gasteiger charge is -2.52. The first-order chi connectivity index (χ1) is 7.89. The quantitative estimate of drug-likeness (QED) is 0.764. The largest absolute Gasteiger partial charge is 0.389 e. The molecule has 0 amide bonds. The molecule has 98 valence electrons. The van der Waals surface area contributed by atoms with Crippen molar-refractivity contribution in [2.45, 2.75) is 77.7 Å². The summed E-state index contributed by atoms with van der Waals surface area (Å²) in [5.74, 6) is 1.56. The number of hydrogen-bond donors (Lipinski definition) is 1. The third kappa shape index (κ3) is 1.41. The predicted molar refractivity (Wildman–Crippen MR) is 70.8 cm³/mol. The van der Waals surface area contributed by atoms with Crippen molar-refractivity contribution in [3.8, 4) is 0 Å². The Morgan fingerprint density at radius 3 is 2.24 bits per heavy atom. The van der Waals surface area contributed by atoms with Gasteiger partial charge in [0.2, 0.25) is 0 Å². The van der Waals surface area contributed by atoms with Crippen LogP contribution in [0.4, 0.5) is 0 Å². The fourth-order valence-corrected chi connectivity index (χ4v) is 5.49. The zero-order valence-electron chi connectivity index (χ0n) is 11.8. The van der Waals surface area contributed by atoms with Gasteiger partial charge >= 0.3 is 0 Å². The highest BCUT2D eigenvalue weighted by Gasteiger charge is 2.68. The van der Waals surface area contributed by atoms with Crippen molar-refractivity contribution in [3.05, 3.63) is 0 Å². The van der Waals surface area contributed by atoms with E-state index in [2.05, 4.69) is 20.8 Å². The Hall–Kier alpha value is -0.0400. The van der Waals surface area contributed by atoms with E-state index < -0.39 is 5.60 Å². The first-order valence-electron chi connectivity index (χ1n) is 7.61. The second kappa shape index (κ2) is 3.50. The van der Waals surface area contributed by atoms with Crippen molar-refractivity contribution in [1.29, 1.82) is 0 Å². The molecule has 3 saturated carbocycles. The SMILES string of the molecule is CC12CCC(C1)C(C)(C)C2(O)CC1CCCC1. The minimum Gasteiger partial charge on any atom is -0.389 e. The molecule has 3 fully saturated rings. The van der Waals surface area contributed by atoms with Gasteiger partial charge in [-0.2, -0.15) is 0 Å². The first-order valence-corrected chi connectivity index (χ1v) is 7.61. The summed E-state index contributed by atoms with van der Waals surface area (Å²) in [4.78, 5) is 0. The zero-order valence-corrected chi connectivity index (χ0v) is 11.8. The van der Waals surface area contributed by atoms with Crippen molar-refractivity contribution in [1.82, 2.24) is 0 Å². The summed E-state index contributed by atoms with van der Waals surface area (Å²) in [7, 11) is 0. The van der Waals surface area contributed by atoms with Crippen LogP contribution in [0.25, 0.3) is 0 Å². The third-order valence-electron chi connectivity index (χ3n) is 6.89. The van der Waals surface area contributed by atoms with E-state index in [-0.39, 0.29) is 10.8 Å². The van der Waals surface area contributed by atoms with Gasteiger partial charge in [0.1, 0.15) is 0 Å². The van der Waals surface area contributed by atoms with Gasteiger partial charge in [0.05, 0.1) is 5.60 Å². The van der Waals surface area contributed by atoms with E-state index in [1.807, 2.05) is 0 Å². The van der Waals surface area contributed by atoms with E-state index in [0.717, 1.165) is 18.3 Å². The summed E-state index contributed by atoms with van der Waals surface area (Å²) < 4.78 is 0. The minimum atomic E-state index is -0.391. The highest BCUT2D eigenvalue weighted by atomic mass is 16.3. The van der Waals surface area contributed by atoms with Crippen LogP contribution in [0.2, 0.25) is 0 Å². The predicted octanol–water partition coefficient (Wildman–Crippen LogP) is 4.14. The third-order valence-corrected chi connectivity index (χ3v) is 6.89. The molecule has 3 aliphatic carbocycles. The maximum Gasteiger partial charge on any atom is 0.0757 e. The van der Waals surface area contributed by atoms with Crippen molar-refractivity contribution in [2.75, 3.05) is 0 Å². The van der Waals surface area contributed by atoms with Crippen LogP contribution in [0, 0.1) is 22.7 Å². The van der Waals surface area contributed by atoms with E-state index in [4.69, 9.17) is 0 Å². The molecule has 0 aromatic heterocycles. The number of fused-ring (bicyclic) bond motifs is 2. The molecular formula is C16H28O. The number of rotatable bonds is 2. The number of hydrogen-bond acceptors (Lipinski definition) is 1. The molecule has 0 saturated heterocycles. The summed E-state index contributed by atoms with van der Waals surface area (Å²) in [5, 5.41) is 11.4. The Morgan fingerprint density at radius 1 is 1.06 bits per heavy atom. The Balaban J connectivity index is 1.88. The van der Waals surface area contributed by atoms with Crippen molar-refractivity contribution in [2.24, 2.45) is 22.7 Å². The molecule has 1 nitrogen and oxygen atoms in total. The Labute approximate surface area is 106 Å². The lowest BCUT2D eigenvalue weighted by atomic mass is 9.57. The molecule has 3 atom stereocenters. The van der Waals surface area contributed by atoms with Crippen LogP contribution in [0.5, 0.6) is 0 Å². The van der Waals surface area contributed by atoms with Crippen molar-refractivity contribution < 1.29 is 5.11 Å². The van der Waals surface area contributed by atoms with Crippen LogP contribution in [0.3, 0.4) is 0 Å². The fraction of sp³-hybridized carbons (Fsp3) is 1.00. The van der Waals surface area contributed by atoms with E-state index in [1.54, 1.807) is 0 Å². The van der Waals surface area contributed by atoms with Gasteiger partial charge in [-0.1, -0.05) is 46.5 Å².